The van der Waals surface area contributed by atoms with E-state index in [1.165, 1.54) is 14.2 Å². The number of esters is 2. The number of hydrogen-bond donors (Lipinski definition) is 0. The van der Waals surface area contributed by atoms with E-state index in [1.54, 1.807) is 0 Å². The third-order valence-electron chi connectivity index (χ3n) is 4.95. The highest BCUT2D eigenvalue weighted by atomic mass is 16.5. The Bertz CT molecular complexity index is 472. The lowest BCUT2D eigenvalue weighted by Crippen LogP contribution is -2.55. The van der Waals surface area contributed by atoms with Crippen LogP contribution in [0.2, 0.25) is 0 Å². The second-order valence-electron chi connectivity index (χ2n) is 6.12. The quantitative estimate of drug-likeness (QED) is 0.339. The zero-order chi connectivity index (χ0) is 15.1. The largest absolute Gasteiger partial charge is 0.468 e. The first-order valence-electron chi connectivity index (χ1n) is 6.67. The highest BCUT2D eigenvalue weighted by molar-refractivity contribution is 6.00. The van der Waals surface area contributed by atoms with Crippen LogP contribution in [0.4, 0.5) is 0 Å². The summed E-state index contributed by atoms with van der Waals surface area (Å²) in [5.74, 6) is -1.43. The molecule has 0 heterocycles. The van der Waals surface area contributed by atoms with E-state index < -0.39 is 17.4 Å². The third kappa shape index (κ3) is 1.72. The highest BCUT2D eigenvalue weighted by Gasteiger charge is 2.60. The summed E-state index contributed by atoms with van der Waals surface area (Å²) in [5, 5.41) is 0. The zero-order valence-corrected chi connectivity index (χ0v) is 12.3. The van der Waals surface area contributed by atoms with Crippen LogP contribution in [0, 0.1) is 22.7 Å². The van der Waals surface area contributed by atoms with Gasteiger partial charge < -0.3 is 14.3 Å². The van der Waals surface area contributed by atoms with Gasteiger partial charge in [-0.25, -0.2) is 0 Å². The summed E-state index contributed by atoms with van der Waals surface area (Å²) < 4.78 is 9.57. The van der Waals surface area contributed by atoms with Crippen LogP contribution < -0.4 is 0 Å². The molecule has 1 saturated carbocycles. The van der Waals surface area contributed by atoms with E-state index in [2.05, 4.69) is 0 Å². The molecule has 20 heavy (non-hydrogen) atoms. The van der Waals surface area contributed by atoms with Crippen molar-refractivity contribution in [3.05, 3.63) is 11.6 Å². The molecule has 5 nitrogen and oxygen atoms in total. The van der Waals surface area contributed by atoms with Gasteiger partial charge in [-0.15, -0.1) is 0 Å². The number of methoxy groups -OCH3 is 2. The lowest BCUT2D eigenvalue weighted by Gasteiger charge is -2.56. The lowest BCUT2D eigenvalue weighted by atomic mass is 9.47. The summed E-state index contributed by atoms with van der Waals surface area (Å²) in [4.78, 5) is 35.5. The van der Waals surface area contributed by atoms with E-state index >= 15 is 0 Å². The van der Waals surface area contributed by atoms with Crippen LogP contribution in [-0.2, 0) is 23.9 Å². The molecule has 0 amide bonds. The summed E-state index contributed by atoms with van der Waals surface area (Å²) >= 11 is 0. The maximum atomic E-state index is 12.1. The number of hydrogen-bond acceptors (Lipinski definition) is 5. The number of ether oxygens (including phenoxy) is 2. The van der Waals surface area contributed by atoms with Gasteiger partial charge in [0.05, 0.1) is 14.2 Å². The van der Waals surface area contributed by atoms with Crippen LogP contribution in [0.25, 0.3) is 0 Å². The monoisotopic (exact) mass is 280 g/mol. The Kier molecular flexibility index (Phi) is 3.48. The number of rotatable bonds is 3. The standard InChI is InChI=1S/C15H20O5/c1-14(2)10-5-6-15(12(17)19-3,13(18)20-4)7-9(10)11(14)8-16/h5,8-9,11H,6-7H2,1-4H3/t9-,11-/m1/s1. The summed E-state index contributed by atoms with van der Waals surface area (Å²) in [6, 6.07) is 0. The molecule has 0 aromatic carbocycles. The summed E-state index contributed by atoms with van der Waals surface area (Å²) in [7, 11) is 2.52. The van der Waals surface area contributed by atoms with E-state index in [1.807, 2.05) is 19.9 Å². The molecule has 0 bridgehead atoms. The van der Waals surface area contributed by atoms with Gasteiger partial charge in [-0.2, -0.15) is 0 Å². The Morgan fingerprint density at radius 3 is 2.25 bits per heavy atom. The first-order chi connectivity index (χ1) is 9.35. The normalized spacial score (nSPS) is 29.3. The fourth-order valence-electron chi connectivity index (χ4n) is 3.74. The van der Waals surface area contributed by atoms with Crippen molar-refractivity contribution in [3.8, 4) is 0 Å². The number of allylic oxidation sites excluding steroid dienone is 2. The molecular weight excluding hydrogens is 260 g/mol. The first kappa shape index (κ1) is 14.8. The van der Waals surface area contributed by atoms with Gasteiger partial charge in [-0.3, -0.25) is 9.59 Å². The number of aldehydes is 1. The second kappa shape index (κ2) is 4.72. The summed E-state index contributed by atoms with van der Waals surface area (Å²) in [5.41, 5.74) is -0.349. The van der Waals surface area contributed by atoms with Crippen molar-refractivity contribution in [1.82, 2.24) is 0 Å². The van der Waals surface area contributed by atoms with Crippen molar-refractivity contribution in [2.75, 3.05) is 14.2 Å². The predicted octanol–water partition coefficient (Wildman–Crippen LogP) is 1.51. The van der Waals surface area contributed by atoms with Crippen molar-refractivity contribution >= 4 is 18.2 Å². The fraction of sp³-hybridized carbons (Fsp3) is 0.667. The molecule has 0 aliphatic heterocycles. The molecule has 2 aliphatic rings. The maximum Gasteiger partial charge on any atom is 0.323 e. The molecular formula is C15H20O5. The van der Waals surface area contributed by atoms with Gasteiger partial charge in [0.25, 0.3) is 0 Å². The number of fused-ring (bicyclic) bond motifs is 1. The Balaban J connectivity index is 2.40. The lowest BCUT2D eigenvalue weighted by molar-refractivity contribution is -0.173. The zero-order valence-electron chi connectivity index (χ0n) is 12.3. The maximum absolute atomic E-state index is 12.1. The van der Waals surface area contributed by atoms with Gasteiger partial charge in [0, 0.05) is 5.92 Å². The molecule has 0 aromatic rings. The van der Waals surface area contributed by atoms with Gasteiger partial charge in [0.2, 0.25) is 0 Å². The molecule has 0 N–H and O–H groups in total. The second-order valence-corrected chi connectivity index (χ2v) is 6.12. The molecule has 110 valence electrons. The minimum absolute atomic E-state index is 0.0746. The van der Waals surface area contributed by atoms with Gasteiger partial charge in [0.15, 0.2) is 5.41 Å². The molecule has 0 aromatic heterocycles. The molecule has 0 unspecified atom stereocenters. The van der Waals surface area contributed by atoms with Crippen molar-refractivity contribution in [3.63, 3.8) is 0 Å². The molecule has 2 aliphatic carbocycles. The Labute approximate surface area is 118 Å². The topological polar surface area (TPSA) is 69.7 Å². The van der Waals surface area contributed by atoms with Crippen LogP contribution in [-0.4, -0.2) is 32.4 Å². The Morgan fingerprint density at radius 2 is 1.80 bits per heavy atom. The molecule has 0 spiro atoms. The molecule has 0 radical (unpaired) electrons. The van der Waals surface area contributed by atoms with E-state index in [4.69, 9.17) is 9.47 Å². The molecule has 0 saturated heterocycles. The van der Waals surface area contributed by atoms with Crippen molar-refractivity contribution in [2.24, 2.45) is 22.7 Å². The number of carbonyl (C=O) groups is 3. The van der Waals surface area contributed by atoms with E-state index in [9.17, 15) is 14.4 Å². The van der Waals surface area contributed by atoms with Crippen LogP contribution in [0.15, 0.2) is 11.6 Å². The van der Waals surface area contributed by atoms with Crippen LogP contribution in [0.1, 0.15) is 26.7 Å². The molecule has 2 rings (SSSR count). The van der Waals surface area contributed by atoms with Gasteiger partial charge in [-0.05, 0) is 24.2 Å². The summed E-state index contributed by atoms with van der Waals surface area (Å²) in [6.45, 7) is 4.02. The minimum Gasteiger partial charge on any atom is -0.468 e. The van der Waals surface area contributed by atoms with Crippen LogP contribution in [0.5, 0.6) is 0 Å². The summed E-state index contributed by atoms with van der Waals surface area (Å²) in [6.07, 6.45) is 3.38. The average Bonchev–Trinajstić information content (AvgIpc) is 2.44. The van der Waals surface area contributed by atoms with Crippen LogP contribution in [0.3, 0.4) is 0 Å². The highest BCUT2D eigenvalue weighted by Crippen LogP contribution is 2.61. The molecule has 2 atom stereocenters. The smallest absolute Gasteiger partial charge is 0.323 e. The van der Waals surface area contributed by atoms with Crippen LogP contribution >= 0.6 is 0 Å². The van der Waals surface area contributed by atoms with E-state index in [0.717, 1.165) is 11.9 Å². The van der Waals surface area contributed by atoms with Gasteiger partial charge >= 0.3 is 11.9 Å². The first-order valence-corrected chi connectivity index (χ1v) is 6.67. The molecule has 1 fully saturated rings. The minimum atomic E-state index is -1.31. The third-order valence-corrected chi connectivity index (χ3v) is 4.95. The predicted molar refractivity (Wildman–Crippen MR) is 70.6 cm³/mol. The Hall–Kier alpha value is -1.65. The average molecular weight is 280 g/mol. The van der Waals surface area contributed by atoms with Gasteiger partial charge in [0.1, 0.15) is 6.29 Å². The van der Waals surface area contributed by atoms with Crippen molar-refractivity contribution in [1.29, 1.82) is 0 Å². The van der Waals surface area contributed by atoms with E-state index in [-0.39, 0.29) is 30.1 Å². The SMILES string of the molecule is COC(=O)C1(C(=O)OC)CC=C2[C@@H](C1)[C@@H](C=O)C2(C)C. The molecule has 5 heteroatoms. The Morgan fingerprint density at radius 1 is 1.25 bits per heavy atom. The fourth-order valence-corrected chi connectivity index (χ4v) is 3.74. The number of carbonyl (C=O) groups excluding carboxylic acids is 3. The van der Waals surface area contributed by atoms with Gasteiger partial charge in [-0.1, -0.05) is 25.5 Å². The van der Waals surface area contributed by atoms with Crippen molar-refractivity contribution in [2.45, 2.75) is 26.7 Å². The van der Waals surface area contributed by atoms with E-state index in [0.29, 0.717) is 0 Å². The van der Waals surface area contributed by atoms with Crippen molar-refractivity contribution < 1.29 is 23.9 Å².